The fraction of sp³-hybridized carbons (Fsp3) is 0.333. The van der Waals surface area contributed by atoms with Crippen molar-refractivity contribution in [3.63, 3.8) is 0 Å². The third-order valence-corrected chi connectivity index (χ3v) is 6.80. The number of nitrogens with one attached hydrogen (secondary N) is 2. The number of sulfonamides is 1. The molecular weight excluding hydrogens is 576 g/mol. The smallest absolute Gasteiger partial charge is 0.257 e. The number of rotatable bonds is 8. The van der Waals surface area contributed by atoms with E-state index in [-0.39, 0.29) is 29.4 Å². The summed E-state index contributed by atoms with van der Waals surface area (Å²) in [6.07, 6.45) is -0.659. The molecule has 0 saturated carbocycles. The third kappa shape index (κ3) is 5.91. The van der Waals surface area contributed by atoms with E-state index in [0.717, 1.165) is 7.11 Å². The van der Waals surface area contributed by atoms with E-state index < -0.39 is 50.7 Å². The Balaban J connectivity index is 1.95. The van der Waals surface area contributed by atoms with Crippen LogP contribution in [0.1, 0.15) is 20.3 Å². The average molecular weight is 598 g/mol. The van der Waals surface area contributed by atoms with Gasteiger partial charge in [-0.25, -0.2) is 21.6 Å². The molecule has 1 fully saturated rings. The summed E-state index contributed by atoms with van der Waals surface area (Å²) in [6, 6.07) is 4.71. The van der Waals surface area contributed by atoms with Gasteiger partial charge in [0.1, 0.15) is 22.9 Å². The van der Waals surface area contributed by atoms with E-state index in [2.05, 4.69) is 16.6 Å². The van der Waals surface area contributed by atoms with Gasteiger partial charge in [-0.2, -0.15) is 0 Å². The fourth-order valence-electron chi connectivity index (χ4n) is 3.14. The molecule has 1 saturated heterocycles. The van der Waals surface area contributed by atoms with Crippen LogP contribution < -0.4 is 14.8 Å². The van der Waals surface area contributed by atoms with Crippen molar-refractivity contribution in [1.29, 1.82) is 0 Å². The van der Waals surface area contributed by atoms with E-state index >= 15 is 0 Å². The van der Waals surface area contributed by atoms with Crippen LogP contribution in [0.25, 0.3) is 0 Å². The number of hydrogen-bond acceptors (Lipinski definition) is 6. The maximum Gasteiger partial charge on any atom is 0.257 e. The van der Waals surface area contributed by atoms with Gasteiger partial charge in [0.15, 0.2) is 17.4 Å². The van der Waals surface area contributed by atoms with Crippen molar-refractivity contribution in [2.45, 2.75) is 32.2 Å². The molecule has 0 unspecified atom stereocenters. The molecular formula is C21H22F3IN2O5S. The predicted molar refractivity (Wildman–Crippen MR) is 127 cm³/mol. The zero-order chi connectivity index (χ0) is 24.6. The predicted octanol–water partition coefficient (Wildman–Crippen LogP) is 5.26. The lowest BCUT2D eigenvalue weighted by atomic mass is 10.2. The van der Waals surface area contributed by atoms with Crippen LogP contribution in [0.5, 0.6) is 5.75 Å². The lowest BCUT2D eigenvalue weighted by Crippen LogP contribution is -2.24. The van der Waals surface area contributed by atoms with E-state index in [9.17, 15) is 21.6 Å². The molecule has 3 rings (SSSR count). The van der Waals surface area contributed by atoms with Crippen molar-refractivity contribution < 1.29 is 35.8 Å². The Morgan fingerprint density at radius 2 is 1.94 bits per heavy atom. The summed E-state index contributed by atoms with van der Waals surface area (Å²) in [7, 11) is -3.16. The van der Waals surface area contributed by atoms with Crippen molar-refractivity contribution in [3.05, 3.63) is 56.8 Å². The maximum atomic E-state index is 14.8. The molecule has 0 spiro atoms. The molecule has 1 atom stereocenters. The highest BCUT2D eigenvalue weighted by Gasteiger charge is 2.35. The second kappa shape index (κ2) is 9.68. The minimum atomic E-state index is -4.32. The molecule has 0 bridgehead atoms. The number of ether oxygens (including phenoxy) is 3. The minimum Gasteiger partial charge on any atom is -0.494 e. The van der Waals surface area contributed by atoms with Crippen LogP contribution in [0.4, 0.5) is 30.2 Å². The summed E-state index contributed by atoms with van der Waals surface area (Å²) in [4.78, 5) is -0.271. The molecule has 7 nitrogen and oxygen atoms in total. The van der Waals surface area contributed by atoms with Crippen molar-refractivity contribution in [2.75, 3.05) is 23.8 Å². The van der Waals surface area contributed by atoms with Gasteiger partial charge in [-0.3, -0.25) is 4.72 Å². The third-order valence-electron chi connectivity index (χ3n) is 4.73. The van der Waals surface area contributed by atoms with Gasteiger partial charge in [-0.15, -0.1) is 0 Å². The number of anilines is 3. The number of halogens is 4. The van der Waals surface area contributed by atoms with Gasteiger partial charge in [0.05, 0.1) is 30.4 Å². The Morgan fingerprint density at radius 1 is 1.24 bits per heavy atom. The Kier molecular flexibility index (Phi) is 7.51. The maximum absolute atomic E-state index is 14.8. The number of methoxy groups -OCH3 is 1. The van der Waals surface area contributed by atoms with Crippen LogP contribution in [0.3, 0.4) is 0 Å². The lowest BCUT2D eigenvalue weighted by Gasteiger charge is -2.20. The van der Waals surface area contributed by atoms with Crippen LogP contribution in [0.2, 0.25) is 0 Å². The highest BCUT2D eigenvalue weighted by Crippen LogP contribution is 2.40. The number of benzene rings is 2. The zero-order valence-corrected chi connectivity index (χ0v) is 20.9. The topological polar surface area (TPSA) is 85.9 Å². The average Bonchev–Trinajstić information content (AvgIpc) is 3.06. The molecule has 1 aliphatic rings. The molecule has 1 heterocycles. The molecule has 0 amide bonds. The second-order valence-corrected chi connectivity index (χ2v) is 10.7. The Morgan fingerprint density at radius 3 is 2.52 bits per heavy atom. The summed E-state index contributed by atoms with van der Waals surface area (Å²) in [5.74, 6) is -4.67. The van der Waals surface area contributed by atoms with Gasteiger partial charge >= 0.3 is 0 Å². The molecule has 2 aromatic rings. The van der Waals surface area contributed by atoms with Crippen molar-refractivity contribution in [1.82, 2.24) is 0 Å². The summed E-state index contributed by atoms with van der Waals surface area (Å²) < 4.78 is 88.0. The van der Waals surface area contributed by atoms with Gasteiger partial charge < -0.3 is 19.5 Å². The van der Waals surface area contributed by atoms with Crippen LogP contribution >= 0.6 is 22.6 Å². The molecule has 0 radical (unpaired) electrons. The van der Waals surface area contributed by atoms with Crippen LogP contribution in [0, 0.1) is 21.0 Å². The molecule has 0 aliphatic carbocycles. The Bertz CT molecular complexity index is 1190. The van der Waals surface area contributed by atoms with E-state index in [1.54, 1.807) is 13.8 Å². The molecule has 0 aromatic heterocycles. The van der Waals surface area contributed by atoms with Crippen molar-refractivity contribution in [2.24, 2.45) is 0 Å². The van der Waals surface area contributed by atoms with E-state index in [1.807, 2.05) is 22.6 Å². The molecule has 33 heavy (non-hydrogen) atoms. The summed E-state index contributed by atoms with van der Waals surface area (Å²) in [6.45, 7) is 7.13. The first kappa shape index (κ1) is 25.6. The van der Waals surface area contributed by atoms with Gasteiger partial charge in [0.2, 0.25) is 0 Å². The van der Waals surface area contributed by atoms with Crippen molar-refractivity contribution >= 4 is 49.7 Å². The first-order chi connectivity index (χ1) is 15.3. The monoisotopic (exact) mass is 598 g/mol. The van der Waals surface area contributed by atoms with E-state index in [1.165, 1.54) is 18.2 Å². The highest BCUT2D eigenvalue weighted by atomic mass is 127. The minimum absolute atomic E-state index is 0.0979. The van der Waals surface area contributed by atoms with E-state index in [4.69, 9.17) is 14.2 Å². The quantitative estimate of drug-likeness (QED) is 0.404. The van der Waals surface area contributed by atoms with Crippen molar-refractivity contribution in [3.8, 4) is 5.75 Å². The van der Waals surface area contributed by atoms with E-state index in [0.29, 0.717) is 9.64 Å². The van der Waals surface area contributed by atoms with Gasteiger partial charge in [-0.05, 0) is 54.6 Å². The van der Waals surface area contributed by atoms with Gasteiger partial charge in [0, 0.05) is 16.1 Å². The summed E-state index contributed by atoms with van der Waals surface area (Å²) in [5.41, 5.74) is -1.29. The normalized spacial score (nSPS) is 17.6. The standard InChI is InChI=1S/C21H22F3IN2O5S/c1-11(7-13-10-31-21(2,3)32-13)33(28,29)27-19-17(30-4)9-15(23)18(24)20(19)26-16-6-5-12(25)8-14(16)22/h5-6,8-9,13,26-27H,1,7,10H2,2-4H3/t13-/m1/s1. The molecule has 12 heteroatoms. The largest absolute Gasteiger partial charge is 0.494 e. The van der Waals surface area contributed by atoms with Gasteiger partial charge in [0.25, 0.3) is 10.0 Å². The molecule has 2 N–H and O–H groups in total. The van der Waals surface area contributed by atoms with Crippen LogP contribution in [-0.4, -0.2) is 34.0 Å². The highest BCUT2D eigenvalue weighted by molar-refractivity contribution is 14.1. The Hall–Kier alpha value is -2.03. The first-order valence-electron chi connectivity index (χ1n) is 9.63. The lowest BCUT2D eigenvalue weighted by molar-refractivity contribution is -0.137. The summed E-state index contributed by atoms with van der Waals surface area (Å²) >= 11 is 1.89. The molecule has 180 valence electrons. The first-order valence-corrected chi connectivity index (χ1v) is 12.2. The number of hydrogen-bond donors (Lipinski definition) is 2. The molecule has 1 aliphatic heterocycles. The zero-order valence-electron chi connectivity index (χ0n) is 18.0. The molecule has 2 aromatic carbocycles. The Labute approximate surface area is 203 Å². The van der Waals surface area contributed by atoms with Gasteiger partial charge in [-0.1, -0.05) is 6.58 Å². The SMILES string of the molecule is C=C(C[C@@H]1COC(C)(C)O1)S(=O)(=O)Nc1c(OC)cc(F)c(F)c1Nc1ccc(I)cc1F. The summed E-state index contributed by atoms with van der Waals surface area (Å²) in [5, 5.41) is 2.42. The fourth-order valence-corrected chi connectivity index (χ4v) is 4.62. The second-order valence-electron chi connectivity index (χ2n) is 7.67. The van der Waals surface area contributed by atoms with Crippen LogP contribution in [0.15, 0.2) is 35.7 Å². The van der Waals surface area contributed by atoms with Crippen LogP contribution in [-0.2, 0) is 19.5 Å².